The molecule has 0 unspecified atom stereocenters. The van der Waals surface area contributed by atoms with Gasteiger partial charge in [0.15, 0.2) is 0 Å². The summed E-state index contributed by atoms with van der Waals surface area (Å²) in [4.78, 5) is 0. The van der Waals surface area contributed by atoms with Gasteiger partial charge in [-0.15, -0.1) is 5.10 Å². The second-order valence-electron chi connectivity index (χ2n) is 2.11. The Kier molecular flexibility index (Phi) is 2.39. The molecule has 0 bridgehead atoms. The Bertz CT molecular complexity index is 197. The molecular formula is C6H11N3O. The first-order chi connectivity index (χ1) is 4.88. The van der Waals surface area contributed by atoms with E-state index in [2.05, 4.69) is 17.2 Å². The van der Waals surface area contributed by atoms with E-state index in [4.69, 9.17) is 5.11 Å². The fourth-order valence-electron chi connectivity index (χ4n) is 0.801. The van der Waals surface area contributed by atoms with Crippen molar-refractivity contribution in [3.05, 3.63) is 11.9 Å². The monoisotopic (exact) mass is 141 g/mol. The molecule has 4 heteroatoms. The fourth-order valence-corrected chi connectivity index (χ4v) is 0.801. The highest BCUT2D eigenvalue weighted by atomic mass is 16.3. The molecule has 0 atom stereocenters. The van der Waals surface area contributed by atoms with Crippen LogP contribution in [-0.2, 0) is 13.2 Å². The molecule has 10 heavy (non-hydrogen) atoms. The van der Waals surface area contributed by atoms with Gasteiger partial charge in [-0.2, -0.15) is 0 Å². The summed E-state index contributed by atoms with van der Waals surface area (Å²) >= 11 is 0. The van der Waals surface area contributed by atoms with E-state index in [1.807, 2.05) is 0 Å². The molecule has 56 valence electrons. The van der Waals surface area contributed by atoms with Crippen molar-refractivity contribution in [3.8, 4) is 0 Å². The van der Waals surface area contributed by atoms with E-state index in [-0.39, 0.29) is 6.61 Å². The second-order valence-corrected chi connectivity index (χ2v) is 2.11. The fraction of sp³-hybridized carbons (Fsp3) is 0.667. The van der Waals surface area contributed by atoms with E-state index in [1.165, 1.54) is 0 Å². The van der Waals surface area contributed by atoms with Gasteiger partial charge in [0.25, 0.3) is 0 Å². The highest BCUT2D eigenvalue weighted by Gasteiger charge is 1.98. The number of hydrogen-bond donors (Lipinski definition) is 1. The minimum absolute atomic E-state index is 0.0208. The third-order valence-electron chi connectivity index (χ3n) is 1.30. The van der Waals surface area contributed by atoms with Crippen molar-refractivity contribution in [1.29, 1.82) is 0 Å². The minimum atomic E-state index is 0.0208. The zero-order chi connectivity index (χ0) is 7.40. The molecule has 1 heterocycles. The largest absolute Gasteiger partial charge is 0.390 e. The van der Waals surface area contributed by atoms with E-state index in [1.54, 1.807) is 10.9 Å². The van der Waals surface area contributed by atoms with Crippen LogP contribution >= 0.6 is 0 Å². The first-order valence-corrected chi connectivity index (χ1v) is 3.36. The lowest BCUT2D eigenvalue weighted by atomic mass is 10.4. The Morgan fingerprint density at radius 2 is 2.50 bits per heavy atom. The first kappa shape index (κ1) is 7.21. The van der Waals surface area contributed by atoms with Crippen molar-refractivity contribution in [2.24, 2.45) is 0 Å². The number of nitrogens with zero attached hydrogens (tertiary/aromatic N) is 3. The lowest BCUT2D eigenvalue weighted by molar-refractivity contribution is 0.267. The maximum absolute atomic E-state index is 8.73. The molecule has 0 radical (unpaired) electrons. The SMILES string of the molecule is CCCn1nncc1CO. The van der Waals surface area contributed by atoms with Crippen molar-refractivity contribution in [3.63, 3.8) is 0 Å². The highest BCUT2D eigenvalue weighted by Crippen LogP contribution is 1.96. The molecule has 4 nitrogen and oxygen atoms in total. The van der Waals surface area contributed by atoms with Crippen LogP contribution in [0.15, 0.2) is 6.20 Å². The van der Waals surface area contributed by atoms with Crippen LogP contribution in [0, 0.1) is 0 Å². The van der Waals surface area contributed by atoms with Gasteiger partial charge in [-0.3, -0.25) is 0 Å². The molecule has 1 N–H and O–H groups in total. The molecule has 0 spiro atoms. The van der Waals surface area contributed by atoms with E-state index >= 15 is 0 Å². The lowest BCUT2D eigenvalue weighted by Crippen LogP contribution is -2.03. The van der Waals surface area contributed by atoms with Gasteiger partial charge in [-0.1, -0.05) is 12.1 Å². The number of aromatic nitrogens is 3. The lowest BCUT2D eigenvalue weighted by Gasteiger charge is -1.99. The van der Waals surface area contributed by atoms with E-state index < -0.39 is 0 Å². The van der Waals surface area contributed by atoms with Crippen LogP contribution in [0.2, 0.25) is 0 Å². The van der Waals surface area contributed by atoms with Gasteiger partial charge >= 0.3 is 0 Å². The predicted octanol–water partition coefficient (Wildman–Crippen LogP) is 0.180. The molecular weight excluding hydrogens is 130 g/mol. The Balaban J connectivity index is 2.70. The van der Waals surface area contributed by atoms with Crippen LogP contribution in [-0.4, -0.2) is 20.1 Å². The summed E-state index contributed by atoms with van der Waals surface area (Å²) in [7, 11) is 0. The van der Waals surface area contributed by atoms with Crippen LogP contribution in [0.1, 0.15) is 19.0 Å². The molecule has 0 amide bonds. The number of rotatable bonds is 3. The van der Waals surface area contributed by atoms with Crippen molar-refractivity contribution in [1.82, 2.24) is 15.0 Å². The van der Waals surface area contributed by atoms with Crippen LogP contribution in [0.4, 0.5) is 0 Å². The summed E-state index contributed by atoms with van der Waals surface area (Å²) in [5.41, 5.74) is 0.779. The Morgan fingerprint density at radius 3 is 3.10 bits per heavy atom. The van der Waals surface area contributed by atoms with Gasteiger partial charge < -0.3 is 5.11 Å². The molecule has 0 aliphatic rings. The number of hydrogen-bond acceptors (Lipinski definition) is 3. The van der Waals surface area contributed by atoms with E-state index in [9.17, 15) is 0 Å². The Morgan fingerprint density at radius 1 is 1.70 bits per heavy atom. The quantitative estimate of drug-likeness (QED) is 0.653. The molecule has 1 aromatic rings. The van der Waals surface area contributed by atoms with Crippen LogP contribution in [0.3, 0.4) is 0 Å². The van der Waals surface area contributed by atoms with Crippen LogP contribution in [0.25, 0.3) is 0 Å². The summed E-state index contributed by atoms with van der Waals surface area (Å²) in [6.07, 6.45) is 2.59. The second kappa shape index (κ2) is 3.31. The van der Waals surface area contributed by atoms with E-state index in [0.717, 1.165) is 18.7 Å². The molecule has 1 rings (SSSR count). The maximum atomic E-state index is 8.73. The average molecular weight is 141 g/mol. The molecule has 0 aliphatic carbocycles. The van der Waals surface area contributed by atoms with Gasteiger partial charge in [-0.05, 0) is 6.42 Å². The maximum Gasteiger partial charge on any atom is 0.0866 e. The van der Waals surface area contributed by atoms with Gasteiger partial charge in [0, 0.05) is 6.54 Å². The summed E-state index contributed by atoms with van der Waals surface area (Å²) in [5.74, 6) is 0. The normalized spacial score (nSPS) is 10.2. The molecule has 0 aromatic carbocycles. The van der Waals surface area contributed by atoms with Crippen molar-refractivity contribution >= 4 is 0 Å². The minimum Gasteiger partial charge on any atom is -0.390 e. The zero-order valence-corrected chi connectivity index (χ0v) is 5.99. The van der Waals surface area contributed by atoms with Crippen molar-refractivity contribution < 1.29 is 5.11 Å². The first-order valence-electron chi connectivity index (χ1n) is 3.36. The topological polar surface area (TPSA) is 50.9 Å². The number of aliphatic hydroxyl groups is 1. The standard InChI is InChI=1S/C6H11N3O/c1-2-3-9-6(5-10)4-7-8-9/h4,10H,2-3,5H2,1H3. The third kappa shape index (κ3) is 1.33. The summed E-state index contributed by atoms with van der Waals surface area (Å²) in [6.45, 7) is 2.91. The Hall–Kier alpha value is -0.900. The number of aliphatic hydroxyl groups excluding tert-OH is 1. The van der Waals surface area contributed by atoms with Crippen molar-refractivity contribution in [2.75, 3.05) is 0 Å². The Labute approximate surface area is 59.5 Å². The summed E-state index contributed by atoms with van der Waals surface area (Å²) < 4.78 is 1.71. The van der Waals surface area contributed by atoms with Gasteiger partial charge in [0.05, 0.1) is 18.5 Å². The summed E-state index contributed by atoms with van der Waals surface area (Å²) in [5, 5.41) is 16.2. The third-order valence-corrected chi connectivity index (χ3v) is 1.30. The molecule has 0 aliphatic heterocycles. The molecule has 0 saturated heterocycles. The zero-order valence-electron chi connectivity index (χ0n) is 5.99. The number of aryl methyl sites for hydroxylation is 1. The van der Waals surface area contributed by atoms with Gasteiger partial charge in [0.2, 0.25) is 0 Å². The smallest absolute Gasteiger partial charge is 0.0866 e. The van der Waals surface area contributed by atoms with Gasteiger partial charge in [-0.25, -0.2) is 4.68 Å². The highest BCUT2D eigenvalue weighted by molar-refractivity contribution is 4.90. The van der Waals surface area contributed by atoms with Gasteiger partial charge in [0.1, 0.15) is 0 Å². The average Bonchev–Trinajstić information content (AvgIpc) is 2.36. The molecule has 0 fully saturated rings. The van der Waals surface area contributed by atoms with Crippen LogP contribution < -0.4 is 0 Å². The molecule has 0 saturated carbocycles. The van der Waals surface area contributed by atoms with Crippen molar-refractivity contribution in [2.45, 2.75) is 26.5 Å². The summed E-state index contributed by atoms with van der Waals surface area (Å²) in [6, 6.07) is 0. The molecule has 1 aromatic heterocycles. The predicted molar refractivity (Wildman–Crippen MR) is 36.2 cm³/mol. The van der Waals surface area contributed by atoms with E-state index in [0.29, 0.717) is 0 Å². The van der Waals surface area contributed by atoms with Crippen LogP contribution in [0.5, 0.6) is 0 Å².